The van der Waals surface area contributed by atoms with E-state index in [1.54, 1.807) is 0 Å². The number of anilines is 6. The first-order valence-corrected chi connectivity index (χ1v) is 26.0. The first-order valence-electron chi connectivity index (χ1n) is 26.0. The second-order valence-corrected chi connectivity index (χ2v) is 26.6. The number of hydrogen-bond donors (Lipinski definition) is 0. The zero-order chi connectivity index (χ0) is 49.3. The smallest absolute Gasteiger partial charge is 0.297 e. The molecule has 2 aliphatic carbocycles. The molecule has 1 aromatic heterocycles. The van der Waals surface area contributed by atoms with Crippen LogP contribution in [-0.2, 0) is 32.5 Å². The Kier molecular flexibility index (Phi) is 9.84. The van der Waals surface area contributed by atoms with E-state index >= 15 is 0 Å². The third-order valence-electron chi connectivity index (χ3n) is 17.6. The van der Waals surface area contributed by atoms with E-state index < -0.39 is 0 Å². The summed E-state index contributed by atoms with van der Waals surface area (Å²) in [6.45, 7) is 40.4. The van der Waals surface area contributed by atoms with Crippen molar-refractivity contribution in [1.82, 2.24) is 0 Å². The number of benzene rings is 6. The van der Waals surface area contributed by atoms with E-state index in [0.717, 1.165) is 30.5 Å². The van der Waals surface area contributed by atoms with Crippen LogP contribution in [0.15, 0.2) is 101 Å². The molecule has 7 aromatic rings. The van der Waals surface area contributed by atoms with Crippen molar-refractivity contribution in [2.75, 3.05) is 9.80 Å². The molecule has 0 spiro atoms. The van der Waals surface area contributed by atoms with Crippen LogP contribution >= 0.6 is 0 Å². The first kappa shape index (κ1) is 45.9. The topological polar surface area (TPSA) is 19.6 Å². The summed E-state index contributed by atoms with van der Waals surface area (Å²) < 4.78 is 7.68. The maximum atomic E-state index is 7.68. The molecule has 0 saturated heterocycles. The minimum Gasteiger partial charge on any atom is -0.468 e. The highest BCUT2D eigenvalue weighted by atomic mass is 16.3. The zero-order valence-electron chi connectivity index (χ0n) is 44.9. The highest BCUT2D eigenvalue weighted by Crippen LogP contribution is 2.54. The summed E-state index contributed by atoms with van der Waals surface area (Å²) in [7, 11) is 0. The van der Waals surface area contributed by atoms with Crippen LogP contribution in [0.3, 0.4) is 0 Å². The number of hydrogen-bond acceptors (Lipinski definition) is 3. The maximum absolute atomic E-state index is 7.68. The molecule has 0 radical (unpaired) electrons. The van der Waals surface area contributed by atoms with Gasteiger partial charge in [0.25, 0.3) is 6.71 Å². The normalized spacial score (nSPS) is 18.4. The minimum atomic E-state index is -0.133. The van der Waals surface area contributed by atoms with Crippen molar-refractivity contribution in [1.29, 1.82) is 0 Å². The van der Waals surface area contributed by atoms with Crippen molar-refractivity contribution in [3.63, 3.8) is 0 Å². The molecule has 0 atom stereocenters. The number of aryl methyl sites for hydroxylation is 3. The molecule has 354 valence electrons. The lowest BCUT2D eigenvalue weighted by atomic mass is 9.35. The summed E-state index contributed by atoms with van der Waals surface area (Å²) in [6.07, 6.45) is 4.66. The van der Waals surface area contributed by atoms with Crippen LogP contribution in [0.4, 0.5) is 34.1 Å². The Hall–Kier alpha value is -5.48. The largest absolute Gasteiger partial charge is 0.468 e. The van der Waals surface area contributed by atoms with Crippen LogP contribution in [0.25, 0.3) is 22.1 Å². The van der Waals surface area contributed by atoms with Gasteiger partial charge in [-0.2, -0.15) is 0 Å². The molecule has 69 heavy (non-hydrogen) atoms. The van der Waals surface area contributed by atoms with Gasteiger partial charge in [0.05, 0.1) is 17.0 Å². The predicted molar refractivity (Wildman–Crippen MR) is 298 cm³/mol. The molecule has 11 rings (SSSR count). The molecule has 0 fully saturated rings. The van der Waals surface area contributed by atoms with Crippen molar-refractivity contribution >= 4 is 68.4 Å². The van der Waals surface area contributed by atoms with Crippen LogP contribution < -0.4 is 26.4 Å². The van der Waals surface area contributed by atoms with E-state index in [9.17, 15) is 0 Å². The van der Waals surface area contributed by atoms with Gasteiger partial charge in [0.1, 0.15) is 5.58 Å². The molecule has 0 bridgehead atoms. The van der Waals surface area contributed by atoms with Crippen molar-refractivity contribution in [3.8, 4) is 11.1 Å². The van der Waals surface area contributed by atoms with Crippen LogP contribution in [0.5, 0.6) is 0 Å². The summed E-state index contributed by atoms with van der Waals surface area (Å²) in [5, 5.41) is 1.21. The summed E-state index contributed by atoms with van der Waals surface area (Å²) in [4.78, 5) is 5.27. The molecule has 0 amide bonds. The molecule has 0 saturated carbocycles. The van der Waals surface area contributed by atoms with E-state index in [2.05, 4.69) is 225 Å². The molecule has 4 heteroatoms. The van der Waals surface area contributed by atoms with Crippen molar-refractivity contribution < 1.29 is 4.42 Å². The summed E-state index contributed by atoms with van der Waals surface area (Å²) >= 11 is 0. The summed E-state index contributed by atoms with van der Waals surface area (Å²) in [6, 6.07) is 38.8. The number of fused-ring (bicyclic) bond motifs is 8. The van der Waals surface area contributed by atoms with E-state index in [1.807, 2.05) is 0 Å². The Balaban J connectivity index is 1.28. The molecule has 3 nitrogen and oxygen atoms in total. The van der Waals surface area contributed by atoms with Crippen LogP contribution in [0.2, 0.25) is 0 Å². The van der Waals surface area contributed by atoms with Crippen molar-refractivity contribution in [2.45, 2.75) is 176 Å². The van der Waals surface area contributed by atoms with E-state index in [-0.39, 0.29) is 39.2 Å². The average molecular weight is 911 g/mol. The van der Waals surface area contributed by atoms with Gasteiger partial charge in [-0.3, -0.25) is 0 Å². The summed E-state index contributed by atoms with van der Waals surface area (Å²) in [5.41, 5.74) is 27.0. The Morgan fingerprint density at radius 3 is 1.62 bits per heavy atom. The molecule has 0 unspecified atom stereocenters. The lowest BCUT2D eigenvalue weighted by Crippen LogP contribution is -2.61. The van der Waals surface area contributed by atoms with Gasteiger partial charge in [-0.05, 0) is 200 Å². The van der Waals surface area contributed by atoms with Crippen LogP contribution in [0.1, 0.15) is 173 Å². The Morgan fingerprint density at radius 2 is 1.03 bits per heavy atom. The SMILES string of the molecule is Cc1cc2c3c(c1)N(c1ccc4c(c1)C(C)(C)CCC4(C)C)c1c(oc4cc5c(cc14)C(C)(C)CCC5(C)C)B3c1cc(C(C)(C)C)ccc1N2c1ccc(C(C)(C)C)cc1-c1c(C)cccc1C. The molecule has 6 aromatic carbocycles. The number of furan rings is 1. The highest BCUT2D eigenvalue weighted by Gasteiger charge is 2.49. The quantitative estimate of drug-likeness (QED) is 0.165. The van der Waals surface area contributed by atoms with Gasteiger partial charge in [-0.15, -0.1) is 0 Å². The molecule has 0 N–H and O–H groups in total. The molecular weight excluding hydrogens is 836 g/mol. The fourth-order valence-corrected chi connectivity index (χ4v) is 13.0. The molecule has 4 aliphatic rings. The molecular formula is C65H75BN2O. The number of rotatable bonds is 3. The predicted octanol–water partition coefficient (Wildman–Crippen LogP) is 16.4. The van der Waals surface area contributed by atoms with Gasteiger partial charge >= 0.3 is 0 Å². The maximum Gasteiger partial charge on any atom is 0.297 e. The lowest BCUT2D eigenvalue weighted by molar-refractivity contribution is 0.332. The molecule has 3 heterocycles. The van der Waals surface area contributed by atoms with Gasteiger partial charge in [0, 0.05) is 33.7 Å². The van der Waals surface area contributed by atoms with Gasteiger partial charge in [0.15, 0.2) is 0 Å². The average Bonchev–Trinajstić information content (AvgIpc) is 3.64. The second-order valence-electron chi connectivity index (χ2n) is 26.6. The molecule has 2 aliphatic heterocycles. The van der Waals surface area contributed by atoms with Gasteiger partial charge < -0.3 is 14.2 Å². The Bertz CT molecular complexity index is 3280. The summed E-state index contributed by atoms with van der Waals surface area (Å²) in [5.74, 6) is 0. The third-order valence-corrected chi connectivity index (χ3v) is 17.6. The fourth-order valence-electron chi connectivity index (χ4n) is 13.0. The first-order chi connectivity index (χ1) is 32.2. The van der Waals surface area contributed by atoms with E-state index in [1.165, 1.54) is 118 Å². The monoisotopic (exact) mass is 911 g/mol. The van der Waals surface area contributed by atoms with Crippen LogP contribution in [0, 0.1) is 20.8 Å². The Labute approximate surface area is 414 Å². The van der Waals surface area contributed by atoms with E-state index in [4.69, 9.17) is 4.42 Å². The van der Waals surface area contributed by atoms with Gasteiger partial charge in [-0.1, -0.05) is 139 Å². The third kappa shape index (κ3) is 6.95. The number of nitrogens with zero attached hydrogens (tertiary/aromatic N) is 2. The lowest BCUT2D eigenvalue weighted by Gasteiger charge is -2.45. The van der Waals surface area contributed by atoms with Crippen LogP contribution in [-0.4, -0.2) is 6.71 Å². The fraction of sp³-hybridized carbons (Fsp3) is 0.415. The van der Waals surface area contributed by atoms with Crippen molar-refractivity contribution in [3.05, 3.63) is 147 Å². The zero-order valence-corrected chi connectivity index (χ0v) is 44.9. The van der Waals surface area contributed by atoms with E-state index in [0.29, 0.717) is 0 Å². The Morgan fingerprint density at radius 1 is 0.507 bits per heavy atom. The highest BCUT2D eigenvalue weighted by molar-refractivity contribution is 7.00. The van der Waals surface area contributed by atoms with Gasteiger partial charge in [-0.25, -0.2) is 0 Å². The van der Waals surface area contributed by atoms with Gasteiger partial charge in [0.2, 0.25) is 0 Å². The van der Waals surface area contributed by atoms with Crippen molar-refractivity contribution in [2.24, 2.45) is 0 Å². The standard InChI is InChI=1S/C65H75BN2O/c1-38-31-53-57-54(32-38)68(51-25-21-41(60(4,5)6)33-44(51)56-39(2)19-18-20-40(56)3)52-26-22-42(61(7,8)9)34-50(52)66(57)59-58(45-36-48-49(37-55(45)69-59)65(16,17)30-29-64(48,14)15)67(53)43-23-24-46-47(35-43)63(12,13)28-27-62(46,10)11/h18-26,31-37H,27-30H2,1-17H3. The second kappa shape index (κ2) is 14.8. The minimum absolute atomic E-state index is 0.0284.